The monoisotopic (exact) mass is 458 g/mol. The second kappa shape index (κ2) is 12.7. The lowest BCUT2D eigenvalue weighted by atomic mass is 10.3. The van der Waals surface area contributed by atoms with Crippen molar-refractivity contribution in [2.24, 2.45) is 0 Å². The van der Waals surface area contributed by atoms with Crippen LogP contribution in [0.25, 0.3) is 0 Å². The lowest BCUT2D eigenvalue weighted by molar-refractivity contribution is -0.109. The second-order valence-corrected chi connectivity index (χ2v) is 11.0. The number of benzene rings is 1. The van der Waals surface area contributed by atoms with Gasteiger partial charge in [-0.15, -0.1) is 0 Å². The van der Waals surface area contributed by atoms with Crippen molar-refractivity contribution >= 4 is 26.9 Å². The Bertz CT molecular complexity index is 749. The third-order valence-electron chi connectivity index (χ3n) is 4.83. The van der Waals surface area contributed by atoms with E-state index in [1.807, 2.05) is 6.92 Å². The number of carbonyl (C=O) groups is 1. The molecule has 0 N–H and O–H groups in total. The zero-order valence-electron chi connectivity index (χ0n) is 18.2. The molecule has 1 aliphatic heterocycles. The first-order valence-electron chi connectivity index (χ1n) is 10.5. The van der Waals surface area contributed by atoms with Gasteiger partial charge in [0.2, 0.25) is 10.0 Å². The van der Waals surface area contributed by atoms with E-state index < -0.39 is 10.0 Å². The van der Waals surface area contributed by atoms with Crippen LogP contribution in [0.1, 0.15) is 33.6 Å². The molecule has 30 heavy (non-hydrogen) atoms. The maximum atomic E-state index is 13.3. The molecule has 1 heterocycles. The minimum atomic E-state index is -3.68. The zero-order chi connectivity index (χ0) is 22.0. The maximum absolute atomic E-state index is 13.3. The molecule has 2 rings (SSSR count). The van der Waals surface area contributed by atoms with E-state index in [1.54, 1.807) is 24.3 Å². The average molecular weight is 459 g/mol. The van der Waals surface area contributed by atoms with E-state index in [1.165, 1.54) is 23.0 Å². The summed E-state index contributed by atoms with van der Waals surface area (Å²) in [7, 11) is -3.68. The summed E-state index contributed by atoms with van der Waals surface area (Å²) < 4.78 is 39.2. The predicted molar refractivity (Wildman–Crippen MR) is 121 cm³/mol. The SMILES string of the molecule is CCCCOc1ccc(S(=O)(=O)N(CCN2CCOCC2)CC(C)SC(C)=O)cc1. The van der Waals surface area contributed by atoms with Crippen molar-refractivity contribution in [3.05, 3.63) is 24.3 Å². The summed E-state index contributed by atoms with van der Waals surface area (Å²) in [6.45, 7) is 10.3. The molecular weight excluding hydrogens is 424 g/mol. The minimum Gasteiger partial charge on any atom is -0.494 e. The van der Waals surface area contributed by atoms with Gasteiger partial charge in [-0.05, 0) is 30.7 Å². The molecule has 0 amide bonds. The van der Waals surface area contributed by atoms with Crippen LogP contribution in [0.5, 0.6) is 5.75 Å². The molecule has 1 saturated heterocycles. The highest BCUT2D eigenvalue weighted by Crippen LogP contribution is 2.22. The Hall–Kier alpha value is -1.13. The number of carbonyl (C=O) groups excluding carboxylic acids is 1. The summed E-state index contributed by atoms with van der Waals surface area (Å²) >= 11 is 1.17. The van der Waals surface area contributed by atoms with Crippen molar-refractivity contribution in [2.75, 3.05) is 52.5 Å². The molecule has 0 radical (unpaired) electrons. The van der Waals surface area contributed by atoms with Crippen molar-refractivity contribution in [1.82, 2.24) is 9.21 Å². The molecule has 0 aliphatic carbocycles. The lowest BCUT2D eigenvalue weighted by Gasteiger charge is -2.30. The van der Waals surface area contributed by atoms with Gasteiger partial charge in [-0.3, -0.25) is 9.69 Å². The van der Waals surface area contributed by atoms with E-state index in [0.29, 0.717) is 38.7 Å². The van der Waals surface area contributed by atoms with Crippen LogP contribution in [0.3, 0.4) is 0 Å². The average Bonchev–Trinajstić information content (AvgIpc) is 2.72. The van der Waals surface area contributed by atoms with Crippen molar-refractivity contribution in [3.8, 4) is 5.75 Å². The van der Waals surface area contributed by atoms with Gasteiger partial charge in [-0.25, -0.2) is 8.42 Å². The van der Waals surface area contributed by atoms with Gasteiger partial charge >= 0.3 is 0 Å². The Kier molecular flexibility index (Phi) is 10.6. The number of morpholine rings is 1. The summed E-state index contributed by atoms with van der Waals surface area (Å²) in [4.78, 5) is 13.9. The molecule has 1 fully saturated rings. The molecule has 1 aliphatic rings. The Balaban J connectivity index is 2.11. The summed E-state index contributed by atoms with van der Waals surface area (Å²) in [6.07, 6.45) is 2.00. The zero-order valence-corrected chi connectivity index (χ0v) is 19.8. The highest BCUT2D eigenvalue weighted by molar-refractivity contribution is 8.14. The number of nitrogens with zero attached hydrogens (tertiary/aromatic N) is 2. The van der Waals surface area contributed by atoms with Crippen LogP contribution < -0.4 is 4.74 Å². The predicted octanol–water partition coefficient (Wildman–Crippen LogP) is 2.86. The van der Waals surface area contributed by atoms with Crippen LogP contribution in [0.4, 0.5) is 0 Å². The van der Waals surface area contributed by atoms with Gasteiger partial charge in [0.05, 0.1) is 24.7 Å². The number of rotatable bonds is 12. The minimum absolute atomic E-state index is 0.0124. The molecule has 9 heteroatoms. The third kappa shape index (κ3) is 8.19. The molecule has 7 nitrogen and oxygen atoms in total. The van der Waals surface area contributed by atoms with Crippen molar-refractivity contribution in [1.29, 1.82) is 0 Å². The fourth-order valence-corrected chi connectivity index (χ4v) is 5.62. The van der Waals surface area contributed by atoms with Crippen LogP contribution in [0.2, 0.25) is 0 Å². The van der Waals surface area contributed by atoms with E-state index in [-0.39, 0.29) is 21.8 Å². The summed E-state index contributed by atoms with van der Waals surface area (Å²) in [5.41, 5.74) is 0. The van der Waals surface area contributed by atoms with Gasteiger partial charge < -0.3 is 9.47 Å². The van der Waals surface area contributed by atoms with Gasteiger partial charge in [0.15, 0.2) is 5.12 Å². The van der Waals surface area contributed by atoms with Gasteiger partial charge in [0, 0.05) is 44.9 Å². The van der Waals surface area contributed by atoms with Crippen LogP contribution in [0, 0.1) is 0 Å². The largest absolute Gasteiger partial charge is 0.494 e. The molecule has 0 bridgehead atoms. The van der Waals surface area contributed by atoms with E-state index in [0.717, 1.165) is 25.9 Å². The van der Waals surface area contributed by atoms with Crippen molar-refractivity contribution in [2.45, 2.75) is 43.8 Å². The van der Waals surface area contributed by atoms with Crippen LogP contribution >= 0.6 is 11.8 Å². The number of hydrogen-bond acceptors (Lipinski definition) is 7. The molecular formula is C21H34N2O5S2. The third-order valence-corrected chi connectivity index (χ3v) is 7.59. The summed E-state index contributed by atoms with van der Waals surface area (Å²) in [5.74, 6) is 0.669. The molecule has 1 aromatic rings. The topological polar surface area (TPSA) is 76.2 Å². The fourth-order valence-electron chi connectivity index (χ4n) is 3.19. The lowest BCUT2D eigenvalue weighted by Crippen LogP contribution is -2.44. The van der Waals surface area contributed by atoms with Crippen molar-refractivity contribution in [3.63, 3.8) is 0 Å². The first-order valence-corrected chi connectivity index (χ1v) is 12.8. The smallest absolute Gasteiger partial charge is 0.243 e. The van der Waals surface area contributed by atoms with E-state index in [2.05, 4.69) is 11.8 Å². The highest BCUT2D eigenvalue weighted by atomic mass is 32.2. The first kappa shape index (κ1) is 25.1. The number of unbranched alkanes of at least 4 members (excludes halogenated alkanes) is 1. The molecule has 170 valence electrons. The number of sulfonamides is 1. The Morgan fingerprint density at radius 3 is 2.53 bits per heavy atom. The first-order chi connectivity index (χ1) is 14.3. The standard InChI is InChI=1S/C21H34N2O5S2/c1-4-5-14-28-20-6-8-21(9-7-20)30(25,26)23(17-18(2)29-19(3)24)11-10-22-12-15-27-16-13-22/h6-9,18H,4-5,10-17H2,1-3H3. The summed E-state index contributed by atoms with van der Waals surface area (Å²) in [5, 5.41) is -0.139. The van der Waals surface area contributed by atoms with Gasteiger partial charge in [0.1, 0.15) is 5.75 Å². The maximum Gasteiger partial charge on any atom is 0.243 e. The van der Waals surface area contributed by atoms with E-state index in [9.17, 15) is 13.2 Å². The number of thioether (sulfide) groups is 1. The number of ether oxygens (including phenoxy) is 2. The van der Waals surface area contributed by atoms with Gasteiger partial charge in [-0.2, -0.15) is 4.31 Å². The van der Waals surface area contributed by atoms with Crippen LogP contribution in [-0.2, 0) is 19.6 Å². The van der Waals surface area contributed by atoms with E-state index in [4.69, 9.17) is 9.47 Å². The molecule has 0 saturated carbocycles. The molecule has 0 spiro atoms. The molecule has 1 aromatic carbocycles. The van der Waals surface area contributed by atoms with Crippen LogP contribution in [-0.4, -0.2) is 80.5 Å². The quantitative estimate of drug-likeness (QED) is 0.446. The Labute approximate surface area is 185 Å². The second-order valence-electron chi connectivity index (χ2n) is 7.41. The summed E-state index contributed by atoms with van der Waals surface area (Å²) in [6, 6.07) is 6.61. The van der Waals surface area contributed by atoms with E-state index >= 15 is 0 Å². The highest BCUT2D eigenvalue weighted by Gasteiger charge is 2.27. The normalized spacial score (nSPS) is 16.5. The fraction of sp³-hybridized carbons (Fsp3) is 0.667. The Morgan fingerprint density at radius 2 is 1.93 bits per heavy atom. The molecule has 1 unspecified atom stereocenters. The Morgan fingerprint density at radius 1 is 1.27 bits per heavy atom. The molecule has 0 aromatic heterocycles. The number of hydrogen-bond donors (Lipinski definition) is 0. The van der Waals surface area contributed by atoms with Gasteiger partial charge in [0.25, 0.3) is 0 Å². The van der Waals surface area contributed by atoms with Gasteiger partial charge in [-0.1, -0.05) is 32.0 Å². The molecule has 1 atom stereocenters. The van der Waals surface area contributed by atoms with Crippen LogP contribution in [0.15, 0.2) is 29.2 Å². The van der Waals surface area contributed by atoms with Crippen molar-refractivity contribution < 1.29 is 22.7 Å².